The molecule has 0 saturated heterocycles. The van der Waals surface area contributed by atoms with Crippen LogP contribution in [0, 0.1) is 11.8 Å². The van der Waals surface area contributed by atoms with E-state index in [1.54, 1.807) is 24.3 Å². The first-order valence-corrected chi connectivity index (χ1v) is 12.7. The van der Waals surface area contributed by atoms with Crippen LogP contribution in [0.15, 0.2) is 51.6 Å². The molecule has 4 rings (SSSR count). The van der Waals surface area contributed by atoms with Crippen LogP contribution in [0.5, 0.6) is 0 Å². The smallest absolute Gasteiger partial charge is 0.286 e. The third-order valence-corrected chi connectivity index (χ3v) is 6.46. The monoisotopic (exact) mass is 501 g/mol. The van der Waals surface area contributed by atoms with E-state index in [0.717, 1.165) is 12.8 Å². The molecule has 1 saturated carbocycles. The summed E-state index contributed by atoms with van der Waals surface area (Å²) < 4.78 is 28.7. The van der Waals surface area contributed by atoms with E-state index in [2.05, 4.69) is 5.32 Å². The van der Waals surface area contributed by atoms with Crippen LogP contribution >= 0.6 is 0 Å². The molecular formula is C27H35NO8. The zero-order valence-corrected chi connectivity index (χ0v) is 20.6. The number of carbonyl (C=O) groups excluding carboxylic acids is 1. The van der Waals surface area contributed by atoms with Gasteiger partial charge in [0.25, 0.3) is 5.91 Å². The summed E-state index contributed by atoms with van der Waals surface area (Å²) in [6.45, 7) is 4.22. The number of benzene rings is 1. The molecule has 2 heterocycles. The van der Waals surface area contributed by atoms with Gasteiger partial charge in [-0.25, -0.2) is 0 Å². The van der Waals surface area contributed by atoms with Gasteiger partial charge in [-0.3, -0.25) is 9.59 Å². The molecule has 9 nitrogen and oxygen atoms in total. The Labute approximate surface area is 210 Å². The maximum atomic E-state index is 13.5. The van der Waals surface area contributed by atoms with Crippen LogP contribution in [-0.4, -0.2) is 63.5 Å². The number of aliphatic hydroxyl groups excluding tert-OH is 1. The molecule has 2 N–H and O–H groups in total. The molecule has 0 radical (unpaired) electrons. The second kappa shape index (κ2) is 13.0. The SMILES string of the molecule is CCO[C@H]1OC(C(=O)NCC2CC2)=C[C@@H](c2coc3ccccc3c2=O)[C@H]1CCOCCOCCO. The van der Waals surface area contributed by atoms with Crippen molar-refractivity contribution in [3.8, 4) is 0 Å². The van der Waals surface area contributed by atoms with Crippen LogP contribution in [-0.2, 0) is 23.7 Å². The highest BCUT2D eigenvalue weighted by atomic mass is 16.7. The standard InChI is InChI=1S/C27H35NO8/c1-2-34-27-19(9-11-32-13-14-33-12-10-29)21(15-24(36-27)26(31)28-16-18-7-8-18)22-17-35-23-6-4-3-5-20(23)25(22)30/h3-6,15,17-19,21,27,29H,2,7-14,16H2,1H3,(H,28,31)/t19-,21-,27+/m1/s1. The summed E-state index contributed by atoms with van der Waals surface area (Å²) in [7, 11) is 0. The Morgan fingerprint density at radius 1 is 1.14 bits per heavy atom. The number of amides is 1. The minimum Gasteiger partial charge on any atom is -0.464 e. The first-order chi connectivity index (χ1) is 17.6. The highest BCUT2D eigenvalue weighted by Crippen LogP contribution is 2.38. The van der Waals surface area contributed by atoms with Crippen LogP contribution in [0.25, 0.3) is 11.0 Å². The van der Waals surface area contributed by atoms with Crippen molar-refractivity contribution in [1.82, 2.24) is 5.32 Å². The fourth-order valence-electron chi connectivity index (χ4n) is 4.37. The molecule has 1 amide bonds. The van der Waals surface area contributed by atoms with Gasteiger partial charge in [0.1, 0.15) is 5.58 Å². The third-order valence-electron chi connectivity index (χ3n) is 6.46. The molecule has 196 valence electrons. The lowest BCUT2D eigenvalue weighted by Gasteiger charge is -2.36. The molecule has 2 aromatic rings. The topological polar surface area (TPSA) is 116 Å². The molecule has 2 aliphatic rings. The van der Waals surface area contributed by atoms with Crippen molar-refractivity contribution in [2.75, 3.05) is 46.2 Å². The van der Waals surface area contributed by atoms with Gasteiger partial charge in [-0.15, -0.1) is 0 Å². The fraction of sp³-hybridized carbons (Fsp3) is 0.556. The van der Waals surface area contributed by atoms with Gasteiger partial charge in [0.15, 0.2) is 11.2 Å². The Kier molecular flexibility index (Phi) is 9.52. The zero-order chi connectivity index (χ0) is 25.3. The first kappa shape index (κ1) is 26.3. The Bertz CT molecular complexity index is 1090. The van der Waals surface area contributed by atoms with Gasteiger partial charge in [0.05, 0.1) is 38.1 Å². The van der Waals surface area contributed by atoms with Gasteiger partial charge in [-0.2, -0.15) is 0 Å². The first-order valence-electron chi connectivity index (χ1n) is 12.7. The zero-order valence-electron chi connectivity index (χ0n) is 20.6. The van der Waals surface area contributed by atoms with E-state index in [1.165, 1.54) is 6.26 Å². The largest absolute Gasteiger partial charge is 0.464 e. The second-order valence-electron chi connectivity index (χ2n) is 9.07. The summed E-state index contributed by atoms with van der Waals surface area (Å²) in [5.41, 5.74) is 0.815. The van der Waals surface area contributed by atoms with E-state index in [9.17, 15) is 9.59 Å². The number of allylic oxidation sites excluding steroid dienone is 1. The average Bonchev–Trinajstić information content (AvgIpc) is 3.72. The van der Waals surface area contributed by atoms with Crippen LogP contribution in [0.4, 0.5) is 0 Å². The van der Waals surface area contributed by atoms with Gasteiger partial charge in [0.2, 0.25) is 6.29 Å². The van der Waals surface area contributed by atoms with Gasteiger partial charge >= 0.3 is 0 Å². The number of carbonyl (C=O) groups is 1. The van der Waals surface area contributed by atoms with Gasteiger partial charge < -0.3 is 33.8 Å². The lowest BCUT2D eigenvalue weighted by molar-refractivity contribution is -0.168. The van der Waals surface area contributed by atoms with Crippen molar-refractivity contribution in [2.24, 2.45) is 11.8 Å². The van der Waals surface area contributed by atoms with Gasteiger partial charge in [-0.05, 0) is 50.3 Å². The number of fused-ring (bicyclic) bond motifs is 1. The summed E-state index contributed by atoms with van der Waals surface area (Å²) in [4.78, 5) is 26.4. The summed E-state index contributed by atoms with van der Waals surface area (Å²) in [5.74, 6) is -0.381. The van der Waals surface area contributed by atoms with E-state index in [0.29, 0.717) is 61.8 Å². The highest BCUT2D eigenvalue weighted by Gasteiger charge is 2.39. The van der Waals surface area contributed by atoms with Crippen LogP contribution in [0.2, 0.25) is 0 Å². The normalized spacial score (nSPS) is 21.7. The Morgan fingerprint density at radius 3 is 2.67 bits per heavy atom. The quantitative estimate of drug-likeness (QED) is 0.380. The molecule has 3 atom stereocenters. The predicted octanol–water partition coefficient (Wildman–Crippen LogP) is 2.71. The van der Waals surface area contributed by atoms with E-state index in [1.807, 2.05) is 13.0 Å². The number of aliphatic hydroxyl groups is 1. The summed E-state index contributed by atoms with van der Waals surface area (Å²) >= 11 is 0. The molecule has 1 aliphatic heterocycles. The molecule has 1 aliphatic carbocycles. The minimum atomic E-state index is -0.730. The minimum absolute atomic E-state index is 0.0334. The van der Waals surface area contributed by atoms with Gasteiger partial charge in [0, 0.05) is 37.2 Å². The Morgan fingerprint density at radius 2 is 1.92 bits per heavy atom. The number of hydrogen-bond acceptors (Lipinski definition) is 8. The predicted molar refractivity (Wildman–Crippen MR) is 132 cm³/mol. The molecule has 9 heteroatoms. The lowest BCUT2D eigenvalue weighted by Crippen LogP contribution is -2.40. The summed E-state index contributed by atoms with van der Waals surface area (Å²) in [6, 6.07) is 7.11. The van der Waals surface area contributed by atoms with Crippen LogP contribution < -0.4 is 10.7 Å². The Hall–Kier alpha value is -2.72. The van der Waals surface area contributed by atoms with Crippen molar-refractivity contribution >= 4 is 16.9 Å². The fourth-order valence-corrected chi connectivity index (χ4v) is 4.37. The summed E-state index contributed by atoms with van der Waals surface area (Å²) in [6.07, 6.45) is 5.23. The van der Waals surface area contributed by atoms with E-state index < -0.39 is 12.2 Å². The van der Waals surface area contributed by atoms with Crippen molar-refractivity contribution in [1.29, 1.82) is 0 Å². The number of para-hydroxylation sites is 1. The summed E-state index contributed by atoms with van der Waals surface area (Å²) in [5, 5.41) is 12.2. The van der Waals surface area contributed by atoms with Crippen molar-refractivity contribution in [3.05, 3.63) is 58.2 Å². The number of rotatable bonds is 14. The maximum Gasteiger partial charge on any atom is 0.286 e. The third kappa shape index (κ3) is 6.73. The maximum absolute atomic E-state index is 13.5. The van der Waals surface area contributed by atoms with E-state index in [-0.39, 0.29) is 36.2 Å². The van der Waals surface area contributed by atoms with Crippen LogP contribution in [0.1, 0.15) is 37.7 Å². The molecular weight excluding hydrogens is 466 g/mol. The molecule has 1 fully saturated rings. The number of hydrogen-bond donors (Lipinski definition) is 2. The average molecular weight is 502 g/mol. The molecule has 0 spiro atoms. The molecule has 1 aromatic heterocycles. The van der Waals surface area contributed by atoms with Crippen molar-refractivity contribution in [3.63, 3.8) is 0 Å². The molecule has 1 aromatic carbocycles. The van der Waals surface area contributed by atoms with E-state index in [4.69, 9.17) is 28.5 Å². The highest BCUT2D eigenvalue weighted by molar-refractivity contribution is 5.91. The lowest BCUT2D eigenvalue weighted by atomic mass is 9.81. The molecule has 0 unspecified atom stereocenters. The van der Waals surface area contributed by atoms with Crippen molar-refractivity contribution < 1.29 is 33.3 Å². The van der Waals surface area contributed by atoms with Crippen LogP contribution in [0.3, 0.4) is 0 Å². The number of nitrogens with one attached hydrogen (secondary N) is 1. The van der Waals surface area contributed by atoms with Gasteiger partial charge in [-0.1, -0.05) is 12.1 Å². The number of ether oxygens (including phenoxy) is 4. The van der Waals surface area contributed by atoms with E-state index >= 15 is 0 Å². The van der Waals surface area contributed by atoms with Crippen molar-refractivity contribution in [2.45, 2.75) is 38.4 Å². The second-order valence-corrected chi connectivity index (χ2v) is 9.07. The molecule has 36 heavy (non-hydrogen) atoms. The molecule has 0 bridgehead atoms. The Balaban J connectivity index is 1.59.